The van der Waals surface area contributed by atoms with E-state index in [-0.39, 0.29) is 5.91 Å². The van der Waals surface area contributed by atoms with Crippen LogP contribution in [0.3, 0.4) is 0 Å². The molecule has 0 bridgehead atoms. The lowest BCUT2D eigenvalue weighted by Crippen LogP contribution is -2.19. The molecule has 1 amide bonds. The molecule has 1 N–H and O–H groups in total. The lowest BCUT2D eigenvalue weighted by Gasteiger charge is -2.15. The highest BCUT2D eigenvalue weighted by atomic mass is 19.4. The lowest BCUT2D eigenvalue weighted by molar-refractivity contribution is -0.137. The summed E-state index contributed by atoms with van der Waals surface area (Å²) in [6.07, 6.45) is -2.70. The Morgan fingerprint density at radius 3 is 2.36 bits per heavy atom. The number of carbonyl (C=O) groups is 1. The third-order valence-electron chi connectivity index (χ3n) is 4.49. The lowest BCUT2D eigenvalue weighted by atomic mass is 9.98. The molecular formula is C22H19F3N2O. The molecule has 0 aliphatic carbocycles. The van der Waals surface area contributed by atoms with Crippen molar-refractivity contribution in [3.05, 3.63) is 83.7 Å². The average molecular weight is 384 g/mol. The number of alkyl halides is 3. The van der Waals surface area contributed by atoms with Crippen molar-refractivity contribution in [2.75, 3.05) is 5.32 Å². The highest BCUT2D eigenvalue weighted by molar-refractivity contribution is 5.95. The summed E-state index contributed by atoms with van der Waals surface area (Å²) in [6.45, 7) is 3.49. The van der Waals surface area contributed by atoms with Crippen molar-refractivity contribution in [2.45, 2.75) is 25.9 Å². The molecule has 2 aromatic carbocycles. The molecule has 144 valence electrons. The number of aryl methyl sites for hydroxylation is 1. The zero-order chi connectivity index (χ0) is 20.3. The summed E-state index contributed by atoms with van der Waals surface area (Å²) < 4.78 is 38.6. The Morgan fingerprint density at radius 1 is 1.00 bits per heavy atom. The second-order valence-electron chi connectivity index (χ2n) is 6.60. The summed E-state index contributed by atoms with van der Waals surface area (Å²) in [5.41, 5.74) is 3.04. The van der Waals surface area contributed by atoms with Crippen molar-refractivity contribution < 1.29 is 18.0 Å². The normalized spacial score (nSPS) is 12.5. The summed E-state index contributed by atoms with van der Waals surface area (Å²) in [7, 11) is 0. The Hall–Kier alpha value is -3.15. The van der Waals surface area contributed by atoms with Gasteiger partial charge < -0.3 is 5.32 Å². The van der Waals surface area contributed by atoms with Crippen LogP contribution in [-0.4, -0.2) is 10.9 Å². The molecular weight excluding hydrogens is 365 g/mol. The van der Waals surface area contributed by atoms with E-state index in [4.69, 9.17) is 0 Å². The largest absolute Gasteiger partial charge is 0.416 e. The predicted molar refractivity (Wildman–Crippen MR) is 103 cm³/mol. The van der Waals surface area contributed by atoms with Gasteiger partial charge >= 0.3 is 6.18 Å². The number of hydrogen-bond acceptors (Lipinski definition) is 2. The van der Waals surface area contributed by atoms with Gasteiger partial charge in [0, 0.05) is 17.6 Å². The van der Waals surface area contributed by atoms with Crippen LogP contribution in [0, 0.1) is 6.92 Å². The number of benzene rings is 2. The Kier molecular flexibility index (Phi) is 5.49. The fraction of sp³-hybridized carbons (Fsp3) is 0.182. The van der Waals surface area contributed by atoms with Crippen LogP contribution in [-0.2, 0) is 11.0 Å². The number of hydrogen-bond donors (Lipinski definition) is 1. The van der Waals surface area contributed by atoms with Gasteiger partial charge in [-0.3, -0.25) is 9.78 Å². The maximum absolute atomic E-state index is 12.9. The molecule has 6 heteroatoms. The van der Waals surface area contributed by atoms with E-state index in [1.165, 1.54) is 12.1 Å². The maximum Gasteiger partial charge on any atom is 0.416 e. The van der Waals surface area contributed by atoms with E-state index in [2.05, 4.69) is 10.3 Å². The molecule has 28 heavy (non-hydrogen) atoms. The summed E-state index contributed by atoms with van der Waals surface area (Å²) in [5.74, 6) is -1.09. The first-order valence-electron chi connectivity index (χ1n) is 8.75. The number of aromatic nitrogens is 1. The molecule has 0 saturated carbocycles. The fourth-order valence-corrected chi connectivity index (χ4v) is 2.86. The molecule has 0 aliphatic rings. The smallest absolute Gasteiger partial charge is 0.326 e. The fourth-order valence-electron chi connectivity index (χ4n) is 2.86. The van der Waals surface area contributed by atoms with Crippen molar-refractivity contribution in [3.63, 3.8) is 0 Å². The number of carbonyl (C=O) groups excluding carboxylic acids is 1. The first kappa shape index (κ1) is 19.6. The zero-order valence-electron chi connectivity index (χ0n) is 15.4. The van der Waals surface area contributed by atoms with Gasteiger partial charge in [-0.15, -0.1) is 0 Å². The van der Waals surface area contributed by atoms with Gasteiger partial charge in [-0.25, -0.2) is 0 Å². The van der Waals surface area contributed by atoms with Gasteiger partial charge in [0.25, 0.3) is 0 Å². The van der Waals surface area contributed by atoms with Gasteiger partial charge in [0.05, 0.1) is 11.5 Å². The highest BCUT2D eigenvalue weighted by Gasteiger charge is 2.31. The number of pyridine rings is 1. The molecule has 1 aromatic heterocycles. The van der Waals surface area contributed by atoms with Gasteiger partial charge in [-0.2, -0.15) is 13.2 Å². The molecule has 3 aromatic rings. The minimum absolute atomic E-state index is 0.316. The van der Waals surface area contributed by atoms with Gasteiger partial charge in [-0.05, 0) is 60.9 Å². The molecule has 3 nitrogen and oxygen atoms in total. The van der Waals surface area contributed by atoms with E-state index < -0.39 is 17.7 Å². The predicted octanol–water partition coefficient (Wildman–Crippen LogP) is 5.82. The van der Waals surface area contributed by atoms with Crippen molar-refractivity contribution in [1.29, 1.82) is 0 Å². The molecule has 0 radical (unpaired) electrons. The van der Waals surface area contributed by atoms with E-state index in [0.717, 1.165) is 29.0 Å². The molecule has 1 heterocycles. The van der Waals surface area contributed by atoms with E-state index in [1.54, 1.807) is 25.3 Å². The van der Waals surface area contributed by atoms with Crippen molar-refractivity contribution in [1.82, 2.24) is 4.98 Å². The Bertz CT molecular complexity index is 982. The van der Waals surface area contributed by atoms with Crippen LogP contribution >= 0.6 is 0 Å². The number of rotatable bonds is 4. The van der Waals surface area contributed by atoms with E-state index in [0.29, 0.717) is 11.3 Å². The number of anilines is 1. The molecule has 0 fully saturated rings. The van der Waals surface area contributed by atoms with E-state index >= 15 is 0 Å². The molecule has 3 rings (SSSR count). The quantitative estimate of drug-likeness (QED) is 0.616. The van der Waals surface area contributed by atoms with Crippen LogP contribution in [0.15, 0.2) is 66.9 Å². The van der Waals surface area contributed by atoms with Crippen LogP contribution in [0.2, 0.25) is 0 Å². The number of nitrogens with one attached hydrogen (secondary N) is 1. The van der Waals surface area contributed by atoms with Crippen LogP contribution in [0.4, 0.5) is 18.9 Å². The first-order chi connectivity index (χ1) is 13.2. The Labute approximate surface area is 161 Å². The van der Waals surface area contributed by atoms with Crippen LogP contribution in [0.5, 0.6) is 0 Å². The van der Waals surface area contributed by atoms with E-state index in [1.807, 2.05) is 31.2 Å². The van der Waals surface area contributed by atoms with Gasteiger partial charge in [0.2, 0.25) is 5.91 Å². The number of nitrogens with zero attached hydrogens (tertiary/aromatic N) is 1. The maximum atomic E-state index is 12.9. The Morgan fingerprint density at radius 2 is 1.71 bits per heavy atom. The monoisotopic (exact) mass is 384 g/mol. The summed E-state index contributed by atoms with van der Waals surface area (Å²) >= 11 is 0. The second kappa shape index (κ2) is 7.84. The molecule has 0 saturated heterocycles. The van der Waals surface area contributed by atoms with Gasteiger partial charge in [-0.1, -0.05) is 30.3 Å². The number of amides is 1. The highest BCUT2D eigenvalue weighted by Crippen LogP contribution is 2.31. The minimum atomic E-state index is -4.44. The van der Waals surface area contributed by atoms with Gasteiger partial charge in [0.1, 0.15) is 0 Å². The zero-order valence-corrected chi connectivity index (χ0v) is 15.4. The van der Waals surface area contributed by atoms with Crippen LogP contribution in [0.1, 0.15) is 29.7 Å². The first-order valence-corrected chi connectivity index (χ1v) is 8.75. The standard InChI is InChI=1S/C22H19F3N2O/c1-14-12-18(10-11-26-14)16-6-8-20(9-7-16)27-21(28)15(2)17-4-3-5-19(13-17)22(23,24)25/h3-13,15H,1-2H3,(H,27,28)/t15-/m0/s1. The summed E-state index contributed by atoms with van der Waals surface area (Å²) in [6, 6.07) is 16.0. The summed E-state index contributed by atoms with van der Waals surface area (Å²) in [5, 5.41) is 2.76. The van der Waals surface area contributed by atoms with Crippen molar-refractivity contribution in [2.24, 2.45) is 0 Å². The summed E-state index contributed by atoms with van der Waals surface area (Å²) in [4.78, 5) is 16.6. The number of halogens is 3. The molecule has 0 spiro atoms. The molecule has 1 atom stereocenters. The third kappa shape index (κ3) is 4.57. The van der Waals surface area contributed by atoms with Gasteiger partial charge in [0.15, 0.2) is 0 Å². The molecule has 0 unspecified atom stereocenters. The van der Waals surface area contributed by atoms with Crippen molar-refractivity contribution >= 4 is 11.6 Å². The van der Waals surface area contributed by atoms with E-state index in [9.17, 15) is 18.0 Å². The average Bonchev–Trinajstić information content (AvgIpc) is 2.67. The molecule has 0 aliphatic heterocycles. The van der Waals surface area contributed by atoms with Crippen LogP contribution < -0.4 is 5.32 Å². The Balaban J connectivity index is 1.72. The minimum Gasteiger partial charge on any atom is -0.326 e. The third-order valence-corrected chi connectivity index (χ3v) is 4.49. The van der Waals surface area contributed by atoms with Crippen molar-refractivity contribution in [3.8, 4) is 11.1 Å². The van der Waals surface area contributed by atoms with Crippen LogP contribution in [0.25, 0.3) is 11.1 Å². The SMILES string of the molecule is Cc1cc(-c2ccc(NC(=O)[C@@H](C)c3cccc(C(F)(F)F)c3)cc2)ccn1. The topological polar surface area (TPSA) is 42.0 Å². The second-order valence-corrected chi connectivity index (χ2v) is 6.60.